The molecule has 0 bridgehead atoms. The van der Waals surface area contributed by atoms with Gasteiger partial charge in [0.15, 0.2) is 17.3 Å². The van der Waals surface area contributed by atoms with Crippen LogP contribution in [-0.4, -0.2) is 38.3 Å². The smallest absolute Gasteiger partial charge is 0.315 e. The minimum Gasteiger partial charge on any atom is -0.493 e. The first-order chi connectivity index (χ1) is 17.2. The molecule has 36 heavy (non-hydrogen) atoms. The maximum absolute atomic E-state index is 13.8. The van der Waals surface area contributed by atoms with Gasteiger partial charge in [0.2, 0.25) is 0 Å². The Hall–Kier alpha value is -2.93. The van der Waals surface area contributed by atoms with Crippen molar-refractivity contribution in [2.75, 3.05) is 20.8 Å². The van der Waals surface area contributed by atoms with E-state index < -0.39 is 11.8 Å². The summed E-state index contributed by atoms with van der Waals surface area (Å²) in [4.78, 5) is 32.1. The predicted molar refractivity (Wildman–Crippen MR) is 143 cm³/mol. The lowest BCUT2D eigenvalue weighted by Crippen LogP contribution is -2.38. The number of methoxy groups -OCH3 is 2. The highest BCUT2D eigenvalue weighted by Crippen LogP contribution is 2.49. The summed E-state index contributed by atoms with van der Waals surface area (Å²) in [7, 11) is 3.14. The highest BCUT2D eigenvalue weighted by atomic mass is 79.9. The summed E-state index contributed by atoms with van der Waals surface area (Å²) < 4.78 is 17.4. The van der Waals surface area contributed by atoms with Crippen LogP contribution < -0.4 is 9.47 Å². The lowest BCUT2D eigenvalue weighted by Gasteiger charge is -2.37. The molecule has 1 unspecified atom stereocenters. The van der Waals surface area contributed by atoms with E-state index in [0.29, 0.717) is 42.2 Å². The van der Waals surface area contributed by atoms with Gasteiger partial charge in [0.1, 0.15) is 5.92 Å². The van der Waals surface area contributed by atoms with Crippen molar-refractivity contribution >= 4 is 33.4 Å². The maximum atomic E-state index is 13.8. The summed E-state index contributed by atoms with van der Waals surface area (Å²) in [6, 6.07) is 13.7. The molecule has 0 aromatic heterocycles. The number of carbonyl (C=O) groups is 2. The minimum absolute atomic E-state index is 0.00898. The standard InChI is InChI=1S/C29H32BrNO5/c1-16(2)15-36-29(33)26-17(3)31-22-11-19(18-9-7-6-8-10-18)12-23(32)28(22)27(26)20-13-24(34-4)25(35-5)14-21(20)30/h6-10,13-14,16,19,26-27H,11-12,15H2,1-5H3/t19-,26?,27+/m0/s1. The summed E-state index contributed by atoms with van der Waals surface area (Å²) in [6.45, 7) is 6.14. The number of allylic oxidation sites excluding steroid dienone is 2. The Labute approximate surface area is 220 Å². The molecular weight excluding hydrogens is 522 g/mol. The summed E-state index contributed by atoms with van der Waals surface area (Å²) >= 11 is 3.67. The number of hydrogen-bond donors (Lipinski definition) is 0. The van der Waals surface area contributed by atoms with Crippen molar-refractivity contribution in [3.8, 4) is 11.5 Å². The number of nitrogens with zero attached hydrogens (tertiary/aromatic N) is 1. The lowest BCUT2D eigenvalue weighted by molar-refractivity contribution is -0.147. The van der Waals surface area contributed by atoms with Crippen LogP contribution in [0, 0.1) is 11.8 Å². The van der Waals surface area contributed by atoms with Crippen LogP contribution in [0.25, 0.3) is 0 Å². The molecule has 0 N–H and O–H groups in total. The lowest BCUT2D eigenvalue weighted by atomic mass is 9.69. The number of esters is 1. The van der Waals surface area contributed by atoms with E-state index in [1.807, 2.05) is 51.1 Å². The summed E-state index contributed by atoms with van der Waals surface area (Å²) in [5.74, 6) is -0.299. The monoisotopic (exact) mass is 553 g/mol. The van der Waals surface area contributed by atoms with Gasteiger partial charge >= 0.3 is 5.97 Å². The van der Waals surface area contributed by atoms with Crippen molar-refractivity contribution in [3.63, 3.8) is 0 Å². The zero-order valence-electron chi connectivity index (χ0n) is 21.3. The molecule has 0 saturated carbocycles. The van der Waals surface area contributed by atoms with E-state index in [2.05, 4.69) is 28.1 Å². The molecule has 2 aliphatic rings. The molecule has 0 spiro atoms. The Bertz CT molecular complexity index is 1220. The topological polar surface area (TPSA) is 74.2 Å². The molecule has 0 amide bonds. The number of hydrogen-bond acceptors (Lipinski definition) is 6. The number of benzene rings is 2. The Balaban J connectivity index is 1.85. The molecule has 7 heteroatoms. The average molecular weight is 554 g/mol. The number of halogens is 1. The van der Waals surface area contributed by atoms with Gasteiger partial charge in [-0.3, -0.25) is 14.6 Å². The highest BCUT2D eigenvalue weighted by Gasteiger charge is 2.45. The molecule has 0 radical (unpaired) electrons. The average Bonchev–Trinajstić information content (AvgIpc) is 2.86. The van der Waals surface area contributed by atoms with Crippen LogP contribution in [0.4, 0.5) is 0 Å². The first-order valence-corrected chi connectivity index (χ1v) is 13.0. The summed E-state index contributed by atoms with van der Waals surface area (Å²) in [6.07, 6.45) is 1.00. The number of ketones is 1. The number of ether oxygens (including phenoxy) is 3. The molecule has 6 nitrogen and oxygen atoms in total. The summed E-state index contributed by atoms with van der Waals surface area (Å²) in [5, 5.41) is 0. The van der Waals surface area contributed by atoms with Gasteiger partial charge in [-0.15, -0.1) is 0 Å². The number of rotatable bonds is 7. The molecule has 2 aromatic carbocycles. The van der Waals surface area contributed by atoms with E-state index in [9.17, 15) is 9.59 Å². The molecule has 0 saturated heterocycles. The van der Waals surface area contributed by atoms with E-state index in [1.54, 1.807) is 14.2 Å². The van der Waals surface area contributed by atoms with Crippen LogP contribution in [0.5, 0.6) is 11.5 Å². The molecule has 1 aliphatic heterocycles. The maximum Gasteiger partial charge on any atom is 0.315 e. The zero-order chi connectivity index (χ0) is 26.0. The van der Waals surface area contributed by atoms with Crippen molar-refractivity contribution in [3.05, 3.63) is 69.3 Å². The van der Waals surface area contributed by atoms with Crippen LogP contribution in [0.2, 0.25) is 0 Å². The normalized spacial score (nSPS) is 21.7. The van der Waals surface area contributed by atoms with E-state index >= 15 is 0 Å². The fraction of sp³-hybridized carbons (Fsp3) is 0.414. The van der Waals surface area contributed by atoms with Crippen LogP contribution in [0.1, 0.15) is 56.6 Å². The second kappa shape index (κ2) is 11.0. The van der Waals surface area contributed by atoms with Crippen molar-refractivity contribution < 1.29 is 23.8 Å². The fourth-order valence-electron chi connectivity index (χ4n) is 5.11. The van der Waals surface area contributed by atoms with Crippen molar-refractivity contribution in [2.45, 2.75) is 45.4 Å². The number of aliphatic imine (C=N–C) groups is 1. The molecule has 3 atom stereocenters. The molecule has 190 valence electrons. The first-order valence-electron chi connectivity index (χ1n) is 12.2. The van der Waals surface area contributed by atoms with Gasteiger partial charge in [0, 0.05) is 33.8 Å². The molecule has 4 rings (SSSR count). The number of Topliss-reactive ketones (excluding diaryl/α,β-unsaturated/α-hetero) is 1. The van der Waals surface area contributed by atoms with Gasteiger partial charge in [-0.1, -0.05) is 60.1 Å². The predicted octanol–water partition coefficient (Wildman–Crippen LogP) is 6.24. The Morgan fingerprint density at radius 1 is 1.08 bits per heavy atom. The minimum atomic E-state index is -0.714. The molecule has 1 aliphatic carbocycles. The Morgan fingerprint density at radius 2 is 1.75 bits per heavy atom. The third-order valence-electron chi connectivity index (χ3n) is 6.81. The van der Waals surface area contributed by atoms with E-state index in [-0.39, 0.29) is 23.6 Å². The fourth-order valence-corrected chi connectivity index (χ4v) is 5.68. The van der Waals surface area contributed by atoms with Crippen molar-refractivity contribution in [1.29, 1.82) is 0 Å². The third kappa shape index (κ3) is 5.12. The molecular formula is C29H32BrNO5. The van der Waals surface area contributed by atoms with Gasteiger partial charge in [-0.2, -0.15) is 0 Å². The largest absolute Gasteiger partial charge is 0.493 e. The SMILES string of the molecule is COc1cc(Br)c([C@H]2C3=C(C[C@H](c4ccccc4)CC3=O)N=C(C)C2C(=O)OCC(C)C)cc1OC. The second-order valence-electron chi connectivity index (χ2n) is 9.76. The van der Waals surface area contributed by atoms with Gasteiger partial charge in [-0.25, -0.2) is 0 Å². The van der Waals surface area contributed by atoms with Crippen LogP contribution in [-0.2, 0) is 14.3 Å². The van der Waals surface area contributed by atoms with E-state index in [1.165, 1.54) is 0 Å². The van der Waals surface area contributed by atoms with Crippen LogP contribution in [0.15, 0.2) is 63.2 Å². The molecule has 2 aromatic rings. The van der Waals surface area contributed by atoms with Gasteiger partial charge < -0.3 is 14.2 Å². The molecule has 0 fully saturated rings. The van der Waals surface area contributed by atoms with Gasteiger partial charge in [0.05, 0.1) is 20.8 Å². The van der Waals surface area contributed by atoms with Crippen molar-refractivity contribution in [1.82, 2.24) is 0 Å². The van der Waals surface area contributed by atoms with E-state index in [0.717, 1.165) is 21.3 Å². The Morgan fingerprint density at radius 3 is 2.39 bits per heavy atom. The first kappa shape index (κ1) is 26.1. The van der Waals surface area contributed by atoms with Gasteiger partial charge in [0.25, 0.3) is 0 Å². The zero-order valence-corrected chi connectivity index (χ0v) is 22.9. The Kier molecular flexibility index (Phi) is 7.98. The van der Waals surface area contributed by atoms with Crippen LogP contribution in [0.3, 0.4) is 0 Å². The van der Waals surface area contributed by atoms with E-state index in [4.69, 9.17) is 19.2 Å². The van der Waals surface area contributed by atoms with Crippen LogP contribution >= 0.6 is 15.9 Å². The highest BCUT2D eigenvalue weighted by molar-refractivity contribution is 9.10. The third-order valence-corrected chi connectivity index (χ3v) is 7.50. The van der Waals surface area contributed by atoms with Crippen molar-refractivity contribution in [2.24, 2.45) is 16.8 Å². The number of carbonyl (C=O) groups excluding carboxylic acids is 2. The van der Waals surface area contributed by atoms with Gasteiger partial charge in [-0.05, 0) is 48.4 Å². The second-order valence-corrected chi connectivity index (χ2v) is 10.6. The summed E-state index contributed by atoms with van der Waals surface area (Å²) in [5.41, 5.74) is 3.88. The quantitative estimate of drug-likeness (QED) is 0.379. The molecule has 1 heterocycles.